The topological polar surface area (TPSA) is 36.9 Å². The minimum atomic E-state index is -0.213. The number of nitrogens with one attached hydrogen (secondary N) is 1. The van der Waals surface area contributed by atoms with Gasteiger partial charge in [0.1, 0.15) is 11.6 Å². The van der Waals surface area contributed by atoms with Crippen molar-refractivity contribution in [3.05, 3.63) is 65.5 Å². The van der Waals surface area contributed by atoms with E-state index in [2.05, 4.69) is 27.3 Å². The Bertz CT molecular complexity index is 730. The highest BCUT2D eigenvalue weighted by molar-refractivity contribution is 5.80. The molecule has 3 rings (SSSR count). The van der Waals surface area contributed by atoms with Gasteiger partial charge in [0.05, 0.1) is 7.11 Å². The molecule has 0 bridgehead atoms. The number of likely N-dealkylation sites (tertiary alicyclic amines) is 1. The van der Waals surface area contributed by atoms with Crippen molar-refractivity contribution < 1.29 is 9.13 Å². The zero-order chi connectivity index (χ0) is 17.6. The number of ether oxygens (including phenoxy) is 1. The van der Waals surface area contributed by atoms with Crippen LogP contribution in [-0.2, 0) is 6.54 Å². The number of hydrogen-bond acceptors (Lipinski definition) is 2. The summed E-state index contributed by atoms with van der Waals surface area (Å²) >= 11 is 0. The number of halogens is 1. The Kier molecular flexibility index (Phi) is 5.53. The van der Waals surface area contributed by atoms with E-state index in [1.807, 2.05) is 18.2 Å². The van der Waals surface area contributed by atoms with Crippen molar-refractivity contribution >= 4 is 5.96 Å². The van der Waals surface area contributed by atoms with E-state index in [0.29, 0.717) is 12.5 Å². The second kappa shape index (κ2) is 8.01. The van der Waals surface area contributed by atoms with Crippen molar-refractivity contribution in [3.63, 3.8) is 0 Å². The van der Waals surface area contributed by atoms with Crippen LogP contribution in [-0.4, -0.2) is 38.1 Å². The quantitative estimate of drug-likeness (QED) is 0.684. The first-order chi connectivity index (χ1) is 12.2. The molecule has 1 aliphatic heterocycles. The molecule has 1 heterocycles. The van der Waals surface area contributed by atoms with Gasteiger partial charge in [0.2, 0.25) is 0 Å². The average Bonchev–Trinajstić information content (AvgIpc) is 3.12. The van der Waals surface area contributed by atoms with Crippen molar-refractivity contribution in [1.82, 2.24) is 10.2 Å². The van der Waals surface area contributed by atoms with Crippen LogP contribution in [0.3, 0.4) is 0 Å². The van der Waals surface area contributed by atoms with E-state index >= 15 is 0 Å². The molecule has 5 heteroatoms. The standard InChI is InChI=1S/C20H24FN3O/c1-22-20(23-13-15-4-3-5-18(21)12-15)24-11-10-17(14-24)16-6-8-19(25-2)9-7-16/h3-9,12,17H,10-11,13-14H2,1-2H3,(H,22,23). The Balaban J connectivity index is 1.59. The molecule has 25 heavy (non-hydrogen) atoms. The smallest absolute Gasteiger partial charge is 0.193 e. The van der Waals surface area contributed by atoms with Gasteiger partial charge in [-0.15, -0.1) is 0 Å². The van der Waals surface area contributed by atoms with Crippen molar-refractivity contribution in [2.24, 2.45) is 4.99 Å². The summed E-state index contributed by atoms with van der Waals surface area (Å²) in [4.78, 5) is 6.64. The van der Waals surface area contributed by atoms with Gasteiger partial charge < -0.3 is 15.0 Å². The number of rotatable bonds is 4. The minimum absolute atomic E-state index is 0.213. The number of guanidine groups is 1. The van der Waals surface area contributed by atoms with Gasteiger partial charge in [-0.25, -0.2) is 4.39 Å². The lowest BCUT2D eigenvalue weighted by atomic mass is 9.98. The van der Waals surface area contributed by atoms with Gasteiger partial charge in [0.15, 0.2) is 5.96 Å². The highest BCUT2D eigenvalue weighted by Crippen LogP contribution is 2.28. The van der Waals surface area contributed by atoms with Crippen molar-refractivity contribution in [2.45, 2.75) is 18.9 Å². The molecular weight excluding hydrogens is 317 g/mol. The van der Waals surface area contributed by atoms with E-state index in [-0.39, 0.29) is 5.82 Å². The van der Waals surface area contributed by atoms with Crippen LogP contribution in [0.4, 0.5) is 4.39 Å². The summed E-state index contributed by atoms with van der Waals surface area (Å²) in [5.74, 6) is 2.01. The zero-order valence-corrected chi connectivity index (χ0v) is 14.7. The molecule has 1 unspecified atom stereocenters. The third-order valence-electron chi connectivity index (χ3n) is 4.63. The first kappa shape index (κ1) is 17.3. The van der Waals surface area contributed by atoms with Gasteiger partial charge in [-0.05, 0) is 41.8 Å². The normalized spacial score (nSPS) is 17.6. The molecule has 0 amide bonds. The van der Waals surface area contributed by atoms with Gasteiger partial charge >= 0.3 is 0 Å². The fourth-order valence-corrected chi connectivity index (χ4v) is 3.26. The molecule has 1 atom stereocenters. The highest BCUT2D eigenvalue weighted by atomic mass is 19.1. The summed E-state index contributed by atoms with van der Waals surface area (Å²) in [5.41, 5.74) is 2.23. The largest absolute Gasteiger partial charge is 0.497 e. The summed E-state index contributed by atoms with van der Waals surface area (Å²) in [6.07, 6.45) is 1.09. The predicted molar refractivity (Wildman–Crippen MR) is 98.5 cm³/mol. The summed E-state index contributed by atoms with van der Waals surface area (Å²) in [7, 11) is 3.47. The summed E-state index contributed by atoms with van der Waals surface area (Å²) in [5, 5.41) is 3.33. The molecule has 132 valence electrons. The van der Waals surface area contributed by atoms with E-state index in [0.717, 1.165) is 36.8 Å². The molecule has 2 aromatic rings. The molecule has 0 radical (unpaired) electrons. The van der Waals surface area contributed by atoms with Crippen molar-refractivity contribution in [3.8, 4) is 5.75 Å². The first-order valence-electron chi connectivity index (χ1n) is 8.53. The van der Waals surface area contributed by atoms with Crippen LogP contribution >= 0.6 is 0 Å². The molecule has 1 saturated heterocycles. The van der Waals surface area contributed by atoms with Crippen LogP contribution in [0.1, 0.15) is 23.5 Å². The third-order valence-corrected chi connectivity index (χ3v) is 4.63. The summed E-state index contributed by atoms with van der Waals surface area (Å²) in [6, 6.07) is 14.9. The third kappa shape index (κ3) is 4.29. The van der Waals surface area contributed by atoms with E-state index < -0.39 is 0 Å². The van der Waals surface area contributed by atoms with E-state index in [4.69, 9.17) is 4.74 Å². The van der Waals surface area contributed by atoms with Crippen LogP contribution in [0.25, 0.3) is 0 Å². The molecule has 0 saturated carbocycles. The second-order valence-corrected chi connectivity index (χ2v) is 6.24. The number of nitrogens with zero attached hydrogens (tertiary/aromatic N) is 2. The maximum absolute atomic E-state index is 13.3. The highest BCUT2D eigenvalue weighted by Gasteiger charge is 2.26. The lowest BCUT2D eigenvalue weighted by molar-refractivity contribution is 0.414. The molecule has 1 fully saturated rings. The van der Waals surface area contributed by atoms with E-state index in [1.54, 1.807) is 26.3 Å². The summed E-state index contributed by atoms with van der Waals surface area (Å²) in [6.45, 7) is 2.45. The Labute approximate surface area is 148 Å². The Hall–Kier alpha value is -2.56. The Morgan fingerprint density at radius 3 is 2.76 bits per heavy atom. The van der Waals surface area contributed by atoms with Crippen LogP contribution in [0.5, 0.6) is 5.75 Å². The van der Waals surface area contributed by atoms with Gasteiger partial charge in [-0.2, -0.15) is 0 Å². The van der Waals surface area contributed by atoms with Gasteiger partial charge in [-0.1, -0.05) is 24.3 Å². The van der Waals surface area contributed by atoms with Crippen LogP contribution in [0, 0.1) is 5.82 Å². The maximum atomic E-state index is 13.3. The fourth-order valence-electron chi connectivity index (χ4n) is 3.26. The van der Waals surface area contributed by atoms with Crippen LogP contribution in [0.15, 0.2) is 53.5 Å². The molecular formula is C20H24FN3O. The maximum Gasteiger partial charge on any atom is 0.193 e. The van der Waals surface area contributed by atoms with Gasteiger partial charge in [-0.3, -0.25) is 4.99 Å². The molecule has 0 aliphatic carbocycles. The second-order valence-electron chi connectivity index (χ2n) is 6.24. The molecule has 4 nitrogen and oxygen atoms in total. The fraction of sp³-hybridized carbons (Fsp3) is 0.350. The molecule has 1 aliphatic rings. The number of hydrogen-bond donors (Lipinski definition) is 1. The number of benzene rings is 2. The Morgan fingerprint density at radius 1 is 1.28 bits per heavy atom. The number of methoxy groups -OCH3 is 1. The van der Waals surface area contributed by atoms with E-state index in [1.165, 1.54) is 11.6 Å². The molecule has 0 aromatic heterocycles. The monoisotopic (exact) mass is 341 g/mol. The first-order valence-corrected chi connectivity index (χ1v) is 8.53. The lowest BCUT2D eigenvalue weighted by Gasteiger charge is -2.22. The molecule has 0 spiro atoms. The average molecular weight is 341 g/mol. The molecule has 1 N–H and O–H groups in total. The minimum Gasteiger partial charge on any atom is -0.497 e. The lowest BCUT2D eigenvalue weighted by Crippen LogP contribution is -2.39. The zero-order valence-electron chi connectivity index (χ0n) is 14.7. The van der Waals surface area contributed by atoms with E-state index in [9.17, 15) is 4.39 Å². The SMILES string of the molecule is CN=C(NCc1cccc(F)c1)N1CCC(c2ccc(OC)cc2)C1. The number of aliphatic imine (C=N–C) groups is 1. The van der Waals surface area contributed by atoms with Crippen molar-refractivity contribution in [1.29, 1.82) is 0 Å². The Morgan fingerprint density at radius 2 is 2.08 bits per heavy atom. The van der Waals surface area contributed by atoms with Crippen molar-refractivity contribution in [2.75, 3.05) is 27.2 Å². The summed E-state index contributed by atoms with van der Waals surface area (Å²) < 4.78 is 18.5. The molecule has 2 aromatic carbocycles. The van der Waals surface area contributed by atoms with Crippen LogP contribution in [0.2, 0.25) is 0 Å². The predicted octanol–water partition coefficient (Wildman–Crippen LogP) is 3.40. The van der Waals surface area contributed by atoms with Gasteiger partial charge in [0, 0.05) is 32.6 Å². The van der Waals surface area contributed by atoms with Crippen LogP contribution < -0.4 is 10.1 Å². The van der Waals surface area contributed by atoms with Gasteiger partial charge in [0.25, 0.3) is 0 Å².